The van der Waals surface area contributed by atoms with E-state index in [9.17, 15) is 9.59 Å². The number of hydrogen-bond acceptors (Lipinski definition) is 4. The predicted molar refractivity (Wildman–Crippen MR) is 112 cm³/mol. The minimum Gasteiger partial charge on any atom is -0.452 e. The molecule has 1 fully saturated rings. The molecule has 0 radical (unpaired) electrons. The van der Waals surface area contributed by atoms with Crippen molar-refractivity contribution in [3.8, 4) is 0 Å². The van der Waals surface area contributed by atoms with E-state index < -0.39 is 5.97 Å². The molecule has 1 aliphatic heterocycles. The highest BCUT2D eigenvalue weighted by atomic mass is 16.5. The lowest BCUT2D eigenvalue weighted by Gasteiger charge is -2.34. The van der Waals surface area contributed by atoms with Crippen LogP contribution in [0.3, 0.4) is 0 Å². The van der Waals surface area contributed by atoms with Gasteiger partial charge in [-0.3, -0.25) is 9.69 Å². The van der Waals surface area contributed by atoms with Crippen molar-refractivity contribution in [2.75, 3.05) is 32.8 Å². The van der Waals surface area contributed by atoms with Crippen molar-refractivity contribution in [1.29, 1.82) is 0 Å². The maximum absolute atomic E-state index is 12.5. The molecule has 6 nitrogen and oxygen atoms in total. The molecule has 6 heteroatoms. The maximum Gasteiger partial charge on any atom is 0.340 e. The molecule has 3 aromatic rings. The Kier molecular flexibility index (Phi) is 5.62. The number of rotatable bonds is 5. The molecule has 2 heterocycles. The molecule has 0 unspecified atom stereocenters. The number of hydrogen-bond donors (Lipinski definition) is 0. The van der Waals surface area contributed by atoms with E-state index in [1.165, 1.54) is 5.56 Å². The van der Waals surface area contributed by atoms with E-state index in [2.05, 4.69) is 17.0 Å². The summed E-state index contributed by atoms with van der Waals surface area (Å²) in [6, 6.07) is 18.0. The Morgan fingerprint density at radius 3 is 2.38 bits per heavy atom. The summed E-state index contributed by atoms with van der Waals surface area (Å²) in [5.41, 5.74) is 2.72. The highest BCUT2D eigenvalue weighted by molar-refractivity contribution is 6.04. The van der Waals surface area contributed by atoms with Crippen LogP contribution in [0, 0.1) is 0 Å². The van der Waals surface area contributed by atoms with Gasteiger partial charge in [-0.05, 0) is 11.6 Å². The minimum atomic E-state index is -0.460. The Labute approximate surface area is 170 Å². The molecule has 0 spiro atoms. The van der Waals surface area contributed by atoms with Crippen LogP contribution in [0.2, 0.25) is 0 Å². The van der Waals surface area contributed by atoms with Gasteiger partial charge in [-0.25, -0.2) is 4.79 Å². The molecule has 29 heavy (non-hydrogen) atoms. The van der Waals surface area contributed by atoms with Crippen LogP contribution in [0.4, 0.5) is 0 Å². The molecular weight excluding hydrogens is 366 g/mol. The first kappa shape index (κ1) is 19.2. The zero-order valence-corrected chi connectivity index (χ0v) is 16.6. The second-order valence-corrected chi connectivity index (χ2v) is 7.39. The summed E-state index contributed by atoms with van der Waals surface area (Å²) in [7, 11) is 1.89. The highest BCUT2D eigenvalue weighted by Gasteiger charge is 2.23. The molecule has 1 aliphatic rings. The second kappa shape index (κ2) is 8.49. The van der Waals surface area contributed by atoms with Gasteiger partial charge in [0.2, 0.25) is 0 Å². The summed E-state index contributed by atoms with van der Waals surface area (Å²) in [5, 5.41) is 0.835. The summed E-state index contributed by atoms with van der Waals surface area (Å²) in [5.74, 6) is -0.601. The number of fused-ring (bicyclic) bond motifs is 1. The highest BCUT2D eigenvalue weighted by Crippen LogP contribution is 2.21. The average Bonchev–Trinajstić information content (AvgIpc) is 3.10. The fourth-order valence-corrected chi connectivity index (χ4v) is 3.80. The van der Waals surface area contributed by atoms with Gasteiger partial charge in [0.05, 0.1) is 5.56 Å². The first-order chi connectivity index (χ1) is 14.1. The van der Waals surface area contributed by atoms with Crippen molar-refractivity contribution in [3.05, 3.63) is 71.9 Å². The number of carbonyl (C=O) groups is 2. The van der Waals surface area contributed by atoms with Crippen LogP contribution < -0.4 is 0 Å². The summed E-state index contributed by atoms with van der Waals surface area (Å²) < 4.78 is 7.22. The van der Waals surface area contributed by atoms with Gasteiger partial charge in [0.1, 0.15) is 0 Å². The Morgan fingerprint density at radius 2 is 1.62 bits per heavy atom. The van der Waals surface area contributed by atoms with Crippen LogP contribution in [-0.4, -0.2) is 59.0 Å². The Morgan fingerprint density at radius 1 is 0.931 bits per heavy atom. The van der Waals surface area contributed by atoms with Crippen LogP contribution in [0.25, 0.3) is 10.9 Å². The van der Waals surface area contributed by atoms with Crippen molar-refractivity contribution in [2.24, 2.45) is 7.05 Å². The lowest BCUT2D eigenvalue weighted by atomic mass is 10.2. The summed E-state index contributed by atoms with van der Waals surface area (Å²) in [6.07, 6.45) is 1.75. The molecule has 4 rings (SSSR count). The Bertz CT molecular complexity index is 1000. The number of nitrogens with zero attached hydrogens (tertiary/aromatic N) is 3. The van der Waals surface area contributed by atoms with Gasteiger partial charge < -0.3 is 14.2 Å². The molecule has 2 aromatic carbocycles. The monoisotopic (exact) mass is 391 g/mol. The smallest absolute Gasteiger partial charge is 0.340 e. The van der Waals surface area contributed by atoms with Crippen molar-refractivity contribution in [3.63, 3.8) is 0 Å². The van der Waals surface area contributed by atoms with E-state index in [4.69, 9.17) is 4.74 Å². The fraction of sp³-hybridized carbons (Fsp3) is 0.304. The quantitative estimate of drug-likeness (QED) is 0.628. The van der Waals surface area contributed by atoms with E-state index >= 15 is 0 Å². The number of para-hydroxylation sites is 1. The van der Waals surface area contributed by atoms with Crippen LogP contribution in [0.5, 0.6) is 0 Å². The largest absolute Gasteiger partial charge is 0.452 e. The molecular formula is C23H25N3O3. The third-order valence-corrected chi connectivity index (χ3v) is 5.42. The van der Waals surface area contributed by atoms with Gasteiger partial charge in [0.15, 0.2) is 6.61 Å². The number of esters is 1. The molecule has 0 saturated carbocycles. The van der Waals surface area contributed by atoms with Crippen molar-refractivity contribution in [1.82, 2.24) is 14.4 Å². The number of aromatic nitrogens is 1. The minimum absolute atomic E-state index is 0.141. The van der Waals surface area contributed by atoms with E-state index in [-0.39, 0.29) is 12.5 Å². The van der Waals surface area contributed by atoms with Crippen molar-refractivity contribution < 1.29 is 14.3 Å². The van der Waals surface area contributed by atoms with Crippen LogP contribution in [0.1, 0.15) is 15.9 Å². The van der Waals surface area contributed by atoms with Gasteiger partial charge >= 0.3 is 5.97 Å². The van der Waals surface area contributed by atoms with Gasteiger partial charge in [-0.15, -0.1) is 0 Å². The number of amides is 1. The topological polar surface area (TPSA) is 54.8 Å². The summed E-state index contributed by atoms with van der Waals surface area (Å²) >= 11 is 0. The molecule has 0 atom stereocenters. The third-order valence-electron chi connectivity index (χ3n) is 5.42. The zero-order chi connectivity index (χ0) is 20.2. The van der Waals surface area contributed by atoms with Gasteiger partial charge in [-0.2, -0.15) is 0 Å². The van der Waals surface area contributed by atoms with Crippen LogP contribution in [-0.2, 0) is 23.1 Å². The number of benzene rings is 2. The van der Waals surface area contributed by atoms with Gasteiger partial charge in [0.25, 0.3) is 5.91 Å². The number of ether oxygens (including phenoxy) is 1. The van der Waals surface area contributed by atoms with Gasteiger partial charge in [0, 0.05) is 56.9 Å². The average molecular weight is 391 g/mol. The van der Waals surface area contributed by atoms with Crippen LogP contribution >= 0.6 is 0 Å². The zero-order valence-electron chi connectivity index (χ0n) is 16.6. The molecule has 0 bridgehead atoms. The first-order valence-corrected chi connectivity index (χ1v) is 9.87. The second-order valence-electron chi connectivity index (χ2n) is 7.39. The van der Waals surface area contributed by atoms with Crippen LogP contribution in [0.15, 0.2) is 60.8 Å². The molecule has 1 amide bonds. The maximum atomic E-state index is 12.5. The molecule has 1 aromatic heterocycles. The molecule has 0 N–H and O–H groups in total. The van der Waals surface area contributed by atoms with E-state index in [1.807, 2.05) is 54.1 Å². The fourth-order valence-electron chi connectivity index (χ4n) is 3.80. The van der Waals surface area contributed by atoms with E-state index in [1.54, 1.807) is 11.1 Å². The number of piperazine rings is 1. The lowest BCUT2D eigenvalue weighted by Crippen LogP contribution is -2.49. The number of aryl methyl sites for hydroxylation is 1. The molecule has 0 aliphatic carbocycles. The first-order valence-electron chi connectivity index (χ1n) is 9.87. The Balaban J connectivity index is 1.28. The third kappa shape index (κ3) is 4.32. The lowest BCUT2D eigenvalue weighted by molar-refractivity contribution is -0.136. The standard InChI is InChI=1S/C23H25N3O3/c1-24-16-20(19-9-5-6-10-21(19)24)23(28)29-17-22(27)26-13-11-25(12-14-26)15-18-7-3-2-4-8-18/h2-10,16H,11-15,17H2,1H3. The number of carbonyl (C=O) groups excluding carboxylic acids is 2. The normalized spacial score (nSPS) is 14.9. The predicted octanol–water partition coefficient (Wildman–Crippen LogP) is 2.68. The molecule has 150 valence electrons. The summed E-state index contributed by atoms with van der Waals surface area (Å²) in [4.78, 5) is 29.1. The molecule has 1 saturated heterocycles. The van der Waals surface area contributed by atoms with E-state index in [0.717, 1.165) is 30.5 Å². The van der Waals surface area contributed by atoms with Crippen molar-refractivity contribution in [2.45, 2.75) is 6.54 Å². The van der Waals surface area contributed by atoms with Crippen molar-refractivity contribution >= 4 is 22.8 Å². The Hall–Kier alpha value is -3.12. The summed E-state index contributed by atoms with van der Waals surface area (Å²) in [6.45, 7) is 3.60. The van der Waals surface area contributed by atoms with Gasteiger partial charge in [-0.1, -0.05) is 48.5 Å². The SMILES string of the molecule is Cn1cc(C(=O)OCC(=O)N2CCN(Cc3ccccc3)CC2)c2ccccc21. The van der Waals surface area contributed by atoms with E-state index in [0.29, 0.717) is 18.7 Å².